The minimum atomic E-state index is -0.172. The number of benzene rings is 2. The fourth-order valence-corrected chi connectivity index (χ4v) is 3.47. The molecule has 0 aliphatic rings. The normalized spacial score (nSPS) is 9.82. The zero-order valence-corrected chi connectivity index (χ0v) is 11.3. The molecule has 2 rings (SSSR count). The number of rotatable bonds is 3. The molecule has 0 bridgehead atoms. The fourth-order valence-electron chi connectivity index (χ4n) is 1.31. The zero-order chi connectivity index (χ0) is 12.1. The second kappa shape index (κ2) is 5.60. The zero-order valence-electron chi connectivity index (χ0n) is 9.10. The van der Waals surface area contributed by atoms with Crippen LogP contribution in [-0.4, -0.2) is 6.72 Å². The maximum atomic E-state index is 6.90. The van der Waals surface area contributed by atoms with Crippen molar-refractivity contribution in [2.24, 2.45) is 4.99 Å². The molecule has 0 spiro atoms. The molecule has 0 atom stereocenters. The van der Waals surface area contributed by atoms with Gasteiger partial charge in [-0.3, -0.25) is 0 Å². The predicted octanol–water partition coefficient (Wildman–Crippen LogP) is 0.698. The van der Waals surface area contributed by atoms with Crippen LogP contribution >= 0.6 is 0 Å². The van der Waals surface area contributed by atoms with Crippen LogP contribution in [-0.2, 0) is 0 Å². The Kier molecular flexibility index (Phi) is 3.89. The van der Waals surface area contributed by atoms with Gasteiger partial charge in [0.15, 0.2) is 0 Å². The topological polar surface area (TPSA) is 16.7 Å². The molecule has 0 N–H and O–H groups in total. The molecule has 0 amide bonds. The van der Waals surface area contributed by atoms with Crippen molar-refractivity contribution in [2.75, 3.05) is 0 Å². The summed E-state index contributed by atoms with van der Waals surface area (Å²) in [6.45, 7) is 10.4. The first kappa shape index (κ1) is 11.8. The summed E-state index contributed by atoms with van der Waals surface area (Å²) in [4.78, 5) is 7.25. The third-order valence-corrected chi connectivity index (χ3v) is 4.87. The third kappa shape index (κ3) is 3.14. The molecule has 0 fully saturated rings. The first-order valence-corrected chi connectivity index (χ1v) is 7.17. The van der Waals surface area contributed by atoms with Crippen LogP contribution in [0.2, 0.25) is 0 Å². The van der Waals surface area contributed by atoms with E-state index in [9.17, 15) is 0 Å². The molecule has 17 heavy (non-hydrogen) atoms. The van der Waals surface area contributed by atoms with E-state index in [-0.39, 0.29) is 21.2 Å². The van der Waals surface area contributed by atoms with Crippen molar-refractivity contribution in [3.05, 3.63) is 67.1 Å². The van der Waals surface area contributed by atoms with Gasteiger partial charge in [0.2, 0.25) is 0 Å². The Morgan fingerprint density at radius 1 is 0.941 bits per heavy atom. The van der Waals surface area contributed by atoms with Gasteiger partial charge in [-0.05, 0) is 0 Å². The first-order valence-electron chi connectivity index (χ1n) is 5.01. The van der Waals surface area contributed by atoms with Crippen molar-refractivity contribution in [3.8, 4) is 0 Å². The van der Waals surface area contributed by atoms with Crippen molar-refractivity contribution in [3.63, 3.8) is 0 Å². The van der Waals surface area contributed by atoms with E-state index >= 15 is 0 Å². The van der Waals surface area contributed by atoms with Crippen molar-refractivity contribution < 1.29 is 21.2 Å². The molecule has 0 aliphatic carbocycles. The number of aliphatic imine (C=N–C) groups is 1. The van der Waals surface area contributed by atoms with Crippen molar-refractivity contribution in [1.82, 2.24) is 0 Å². The molecule has 2 nitrogen and oxygen atoms in total. The van der Waals surface area contributed by atoms with E-state index in [0.717, 1.165) is 5.69 Å². The standard InChI is InChI=1S/C14H10IN2/c1-16-13-7-3-11(4-8-13)15-12-5-9-14(17-2)10-6-12/h3-10H,1H2/q-1. The average molecular weight is 333 g/mol. The van der Waals surface area contributed by atoms with Crippen molar-refractivity contribution in [2.45, 2.75) is 0 Å². The molecule has 0 aliphatic heterocycles. The van der Waals surface area contributed by atoms with E-state index in [2.05, 4.69) is 28.7 Å². The Morgan fingerprint density at radius 3 is 1.94 bits per heavy atom. The van der Waals surface area contributed by atoms with Gasteiger partial charge in [0.1, 0.15) is 0 Å². The Labute approximate surface area is 111 Å². The maximum absolute atomic E-state index is 6.90. The van der Waals surface area contributed by atoms with Crippen LogP contribution in [0.5, 0.6) is 0 Å². The van der Waals surface area contributed by atoms with E-state index in [1.165, 1.54) is 7.14 Å². The fraction of sp³-hybridized carbons (Fsp3) is 0. The Hall–Kier alpha value is -1.67. The first-order chi connectivity index (χ1) is 8.31. The molecule has 0 heterocycles. The summed E-state index contributed by atoms with van der Waals surface area (Å²) in [5.41, 5.74) is 1.60. The average Bonchev–Trinajstić information content (AvgIpc) is 2.40. The van der Waals surface area contributed by atoms with E-state index in [1.54, 1.807) is 0 Å². The molecule has 0 aromatic heterocycles. The summed E-state index contributed by atoms with van der Waals surface area (Å²) in [6.07, 6.45) is 0. The van der Waals surface area contributed by atoms with Gasteiger partial charge < -0.3 is 0 Å². The number of nitrogens with zero attached hydrogens (tertiary/aromatic N) is 2. The molecule has 2 aromatic rings. The van der Waals surface area contributed by atoms with Crippen LogP contribution in [0.3, 0.4) is 0 Å². The Balaban J connectivity index is 2.14. The molecular formula is C14H10IN2-. The Morgan fingerprint density at radius 2 is 1.47 bits per heavy atom. The van der Waals surface area contributed by atoms with E-state index in [4.69, 9.17) is 6.57 Å². The van der Waals surface area contributed by atoms with Crippen LogP contribution in [0.4, 0.5) is 11.4 Å². The predicted molar refractivity (Wildman–Crippen MR) is 65.7 cm³/mol. The van der Waals surface area contributed by atoms with Crippen LogP contribution < -0.4 is 21.2 Å². The van der Waals surface area contributed by atoms with E-state index in [0.29, 0.717) is 5.69 Å². The van der Waals surface area contributed by atoms with Gasteiger partial charge in [-0.2, -0.15) is 0 Å². The van der Waals surface area contributed by atoms with Gasteiger partial charge in [0.05, 0.1) is 0 Å². The molecule has 84 valence electrons. The summed E-state index contributed by atoms with van der Waals surface area (Å²) in [7, 11) is 0. The van der Waals surface area contributed by atoms with Crippen LogP contribution in [0.25, 0.3) is 4.85 Å². The van der Waals surface area contributed by atoms with Gasteiger partial charge in [-0.1, -0.05) is 0 Å². The summed E-state index contributed by atoms with van der Waals surface area (Å²) < 4.78 is 2.65. The number of hydrogen-bond donors (Lipinski definition) is 0. The van der Waals surface area contributed by atoms with E-state index in [1.807, 2.05) is 36.4 Å². The van der Waals surface area contributed by atoms with Gasteiger partial charge in [0, 0.05) is 0 Å². The molecule has 0 unspecified atom stereocenters. The molecule has 2 aromatic carbocycles. The third-order valence-electron chi connectivity index (χ3n) is 2.18. The molecule has 0 saturated heterocycles. The van der Waals surface area contributed by atoms with Gasteiger partial charge in [-0.15, -0.1) is 0 Å². The monoisotopic (exact) mass is 333 g/mol. The van der Waals surface area contributed by atoms with Gasteiger partial charge >= 0.3 is 111 Å². The van der Waals surface area contributed by atoms with Crippen molar-refractivity contribution >= 4 is 18.1 Å². The molecular weight excluding hydrogens is 323 g/mol. The van der Waals surface area contributed by atoms with Crippen LogP contribution in [0.15, 0.2) is 53.5 Å². The molecule has 0 radical (unpaired) electrons. The minimum absolute atomic E-state index is 0.172. The van der Waals surface area contributed by atoms with E-state index < -0.39 is 0 Å². The molecule has 0 saturated carbocycles. The van der Waals surface area contributed by atoms with Gasteiger partial charge in [-0.25, -0.2) is 0 Å². The summed E-state index contributed by atoms with van der Waals surface area (Å²) in [6, 6.07) is 16.0. The van der Waals surface area contributed by atoms with Crippen molar-refractivity contribution in [1.29, 1.82) is 0 Å². The second-order valence-electron chi connectivity index (χ2n) is 3.32. The van der Waals surface area contributed by atoms with Gasteiger partial charge in [0.25, 0.3) is 0 Å². The SMILES string of the molecule is [C-]#[N+]c1ccc([I-]c2ccc(N=C)cc2)cc1. The molecule has 3 heteroatoms. The van der Waals surface area contributed by atoms with Crippen LogP contribution in [0, 0.1) is 13.7 Å². The summed E-state index contributed by atoms with van der Waals surface area (Å²) >= 11 is -0.172. The summed E-state index contributed by atoms with van der Waals surface area (Å²) in [5.74, 6) is 0. The second-order valence-corrected chi connectivity index (χ2v) is 6.35. The number of halogens is 1. The number of hydrogen-bond acceptors (Lipinski definition) is 1. The van der Waals surface area contributed by atoms with Crippen LogP contribution in [0.1, 0.15) is 0 Å². The quantitative estimate of drug-likeness (QED) is 0.447. The summed E-state index contributed by atoms with van der Waals surface area (Å²) in [5, 5.41) is 0. The Bertz CT molecular complexity index is 550.